The Balaban J connectivity index is -0.000000299. The van der Waals surface area contributed by atoms with E-state index in [0.29, 0.717) is 0 Å². The lowest BCUT2D eigenvalue weighted by molar-refractivity contribution is 0.795. The zero-order chi connectivity index (χ0) is 19.8. The molecule has 0 spiro atoms. The van der Waals surface area contributed by atoms with Crippen LogP contribution in [0.15, 0.2) is 60.7 Å². The molecule has 0 N–H and O–H groups in total. The summed E-state index contributed by atoms with van der Waals surface area (Å²) in [6.07, 6.45) is 6.28. The van der Waals surface area contributed by atoms with Crippen LogP contribution in [0.3, 0.4) is 0 Å². The highest BCUT2D eigenvalue weighted by molar-refractivity contribution is 5.15. The molecule has 144 valence electrons. The fourth-order valence-corrected chi connectivity index (χ4v) is 1.96. The van der Waals surface area contributed by atoms with Gasteiger partial charge in [0.15, 0.2) is 0 Å². The Morgan fingerprint density at radius 2 is 0.840 bits per heavy atom. The monoisotopic (exact) mass is 344 g/mol. The van der Waals surface area contributed by atoms with Crippen LogP contribution in [0.2, 0.25) is 0 Å². The second-order valence-electron chi connectivity index (χ2n) is 4.82. The Morgan fingerprint density at radius 3 is 1.16 bits per heavy atom. The van der Waals surface area contributed by atoms with Crippen LogP contribution in [0.25, 0.3) is 0 Å². The summed E-state index contributed by atoms with van der Waals surface area (Å²) in [5.41, 5.74) is 2.91. The summed E-state index contributed by atoms with van der Waals surface area (Å²) in [5.74, 6) is 0. The fourth-order valence-electron chi connectivity index (χ4n) is 1.96. The maximum Gasteiger partial charge on any atom is -0.0279 e. The minimum atomic E-state index is 1.21. The highest BCUT2D eigenvalue weighted by Gasteiger charge is 1.87. The zero-order valence-electron chi connectivity index (χ0n) is 18.3. The summed E-state index contributed by atoms with van der Waals surface area (Å²) in [7, 11) is 0. The predicted octanol–water partition coefficient (Wildman–Crippen LogP) is 8.75. The normalized spacial score (nSPS) is 8.00. The van der Waals surface area contributed by atoms with E-state index < -0.39 is 0 Å². The summed E-state index contributed by atoms with van der Waals surface area (Å²) in [4.78, 5) is 0. The molecule has 0 nitrogen and oxygen atoms in total. The Morgan fingerprint density at radius 1 is 0.480 bits per heavy atom. The van der Waals surface area contributed by atoms with Crippen molar-refractivity contribution in [3.8, 4) is 0 Å². The molecule has 2 rings (SSSR count). The lowest BCUT2D eigenvalue weighted by atomic mass is 10.1. The molecule has 25 heavy (non-hydrogen) atoms. The first kappa shape index (κ1) is 28.3. The summed E-state index contributed by atoms with van der Waals surface area (Å²) in [6.45, 7) is 16.4. The van der Waals surface area contributed by atoms with Crippen LogP contribution in [-0.2, 0) is 12.8 Å². The maximum absolute atomic E-state index is 2.23. The largest absolute Gasteiger partial charge is 0.0683 e. The quantitative estimate of drug-likeness (QED) is 0.508. The number of benzene rings is 2. The molecule has 0 saturated carbocycles. The number of hydrogen-bond acceptors (Lipinski definition) is 0. The van der Waals surface area contributed by atoms with Gasteiger partial charge in [-0.3, -0.25) is 0 Å². The van der Waals surface area contributed by atoms with Crippen LogP contribution in [0.1, 0.15) is 85.8 Å². The standard InChI is InChI=1S/C10H14.C9H12.3C2H6/c1-2-3-7-10-8-5-4-6-9-10;1-2-6-9-7-4-3-5-8-9;3*1-2/h4-6,8-9H,2-3,7H2,1H3;3-5,7-8H,2,6H2,1H3;3*1-2H3. The smallest absolute Gasteiger partial charge is 0.0279 e. The average molecular weight is 345 g/mol. The number of aryl methyl sites for hydroxylation is 2. The molecule has 0 fully saturated rings. The van der Waals surface area contributed by atoms with Crippen molar-refractivity contribution in [2.24, 2.45) is 0 Å². The summed E-state index contributed by atoms with van der Waals surface area (Å²) >= 11 is 0. The molecule has 0 aliphatic carbocycles. The molecule has 0 saturated heterocycles. The van der Waals surface area contributed by atoms with Gasteiger partial charge in [0.05, 0.1) is 0 Å². The van der Waals surface area contributed by atoms with Gasteiger partial charge in [0, 0.05) is 0 Å². The molecule has 0 heterocycles. The van der Waals surface area contributed by atoms with Crippen molar-refractivity contribution >= 4 is 0 Å². The average Bonchev–Trinajstić information content (AvgIpc) is 2.73. The molecule has 2 aromatic carbocycles. The molecular formula is C25H44. The van der Waals surface area contributed by atoms with Crippen molar-refractivity contribution < 1.29 is 0 Å². The third-order valence-electron chi connectivity index (χ3n) is 3.04. The van der Waals surface area contributed by atoms with E-state index >= 15 is 0 Å². The predicted molar refractivity (Wildman–Crippen MR) is 120 cm³/mol. The molecule has 2 aromatic rings. The van der Waals surface area contributed by atoms with Crippen LogP contribution in [0.5, 0.6) is 0 Å². The molecule has 0 aliphatic rings. The van der Waals surface area contributed by atoms with Crippen LogP contribution >= 0.6 is 0 Å². The lowest BCUT2D eigenvalue weighted by Crippen LogP contribution is -1.81. The molecular weight excluding hydrogens is 300 g/mol. The van der Waals surface area contributed by atoms with Crippen molar-refractivity contribution in [2.75, 3.05) is 0 Å². The van der Waals surface area contributed by atoms with Crippen LogP contribution in [0.4, 0.5) is 0 Å². The van der Waals surface area contributed by atoms with E-state index in [-0.39, 0.29) is 0 Å². The van der Waals surface area contributed by atoms with Gasteiger partial charge in [-0.25, -0.2) is 0 Å². The zero-order valence-corrected chi connectivity index (χ0v) is 18.3. The highest BCUT2D eigenvalue weighted by Crippen LogP contribution is 2.03. The topological polar surface area (TPSA) is 0 Å². The van der Waals surface area contributed by atoms with Gasteiger partial charge >= 0.3 is 0 Å². The second kappa shape index (κ2) is 27.3. The summed E-state index contributed by atoms with van der Waals surface area (Å²) in [6, 6.07) is 21.2. The molecule has 0 aliphatic heterocycles. The van der Waals surface area contributed by atoms with Crippen molar-refractivity contribution in [1.82, 2.24) is 0 Å². The van der Waals surface area contributed by atoms with Crippen LogP contribution < -0.4 is 0 Å². The first-order valence-corrected chi connectivity index (χ1v) is 10.4. The lowest BCUT2D eigenvalue weighted by Gasteiger charge is -1.96. The van der Waals surface area contributed by atoms with Crippen LogP contribution in [0, 0.1) is 0 Å². The Bertz CT molecular complexity index is 403. The molecule has 0 bridgehead atoms. The van der Waals surface area contributed by atoms with Crippen LogP contribution in [-0.4, -0.2) is 0 Å². The van der Waals surface area contributed by atoms with Crippen molar-refractivity contribution in [2.45, 2.75) is 87.5 Å². The van der Waals surface area contributed by atoms with Gasteiger partial charge in [0.2, 0.25) is 0 Å². The van der Waals surface area contributed by atoms with Gasteiger partial charge in [-0.05, 0) is 30.4 Å². The van der Waals surface area contributed by atoms with Gasteiger partial charge in [0.25, 0.3) is 0 Å². The van der Waals surface area contributed by atoms with E-state index in [1.807, 2.05) is 41.5 Å². The molecule has 0 aromatic heterocycles. The summed E-state index contributed by atoms with van der Waals surface area (Å²) < 4.78 is 0. The van der Waals surface area contributed by atoms with E-state index in [9.17, 15) is 0 Å². The van der Waals surface area contributed by atoms with Gasteiger partial charge in [-0.2, -0.15) is 0 Å². The minimum Gasteiger partial charge on any atom is -0.0683 e. The van der Waals surface area contributed by atoms with Gasteiger partial charge in [0.1, 0.15) is 0 Å². The van der Waals surface area contributed by atoms with Gasteiger partial charge < -0.3 is 0 Å². The Hall–Kier alpha value is -1.56. The molecule has 0 amide bonds. The third-order valence-corrected chi connectivity index (χ3v) is 3.04. The maximum atomic E-state index is 2.23. The molecule has 0 unspecified atom stereocenters. The number of unbranched alkanes of at least 4 members (excludes halogenated alkanes) is 1. The fraction of sp³-hybridized carbons (Fsp3) is 0.520. The van der Waals surface area contributed by atoms with E-state index in [1.165, 1.54) is 43.2 Å². The van der Waals surface area contributed by atoms with E-state index in [1.54, 1.807) is 0 Å². The van der Waals surface area contributed by atoms with E-state index in [4.69, 9.17) is 0 Å². The van der Waals surface area contributed by atoms with Gasteiger partial charge in [-0.15, -0.1) is 0 Å². The Kier molecular flexibility index (Phi) is 30.8. The Labute approximate surface area is 159 Å². The van der Waals surface area contributed by atoms with E-state index in [0.717, 1.165) is 0 Å². The highest BCUT2D eigenvalue weighted by atomic mass is 13.9. The number of hydrogen-bond donors (Lipinski definition) is 0. The van der Waals surface area contributed by atoms with E-state index in [2.05, 4.69) is 74.5 Å². The second-order valence-corrected chi connectivity index (χ2v) is 4.82. The SMILES string of the molecule is CC.CC.CC.CCCCc1ccccc1.CCCc1ccccc1. The first-order chi connectivity index (χ1) is 12.4. The molecule has 0 heteroatoms. The van der Waals surface area contributed by atoms with Crippen molar-refractivity contribution in [1.29, 1.82) is 0 Å². The third kappa shape index (κ3) is 20.4. The minimum absolute atomic E-state index is 1.21. The van der Waals surface area contributed by atoms with Gasteiger partial charge in [-0.1, -0.05) is 129 Å². The first-order valence-electron chi connectivity index (χ1n) is 10.4. The molecule has 0 radical (unpaired) electrons. The van der Waals surface area contributed by atoms with Crippen molar-refractivity contribution in [3.63, 3.8) is 0 Å². The summed E-state index contributed by atoms with van der Waals surface area (Å²) in [5, 5.41) is 0. The molecule has 0 atom stereocenters. The number of rotatable bonds is 5. The van der Waals surface area contributed by atoms with Crippen molar-refractivity contribution in [3.05, 3.63) is 71.8 Å².